The molecule has 2 aliphatic heterocycles. The Hall–Kier alpha value is -0.240. The smallest absolute Gasteiger partial charge is 0.0858 e. The standard InChI is InChI=1S/C18H34O6/c1-3-15-11-23-17(15)13-21-9-7-19-5-6-20-8-10-22-14-18-16(4-2)12-24-18/h15-18H,3-14H2,1-2H3. The van der Waals surface area contributed by atoms with Crippen molar-refractivity contribution in [2.75, 3.05) is 66.1 Å². The first-order valence-corrected chi connectivity index (χ1v) is 9.39. The number of rotatable bonds is 15. The summed E-state index contributed by atoms with van der Waals surface area (Å²) in [5.41, 5.74) is 0. The second kappa shape index (κ2) is 12.2. The molecule has 0 aromatic rings. The first-order valence-electron chi connectivity index (χ1n) is 9.39. The summed E-state index contributed by atoms with van der Waals surface area (Å²) in [5.74, 6) is 1.34. The highest BCUT2D eigenvalue weighted by atomic mass is 16.6. The molecule has 0 spiro atoms. The predicted octanol–water partition coefficient (Wildman–Crippen LogP) is 1.90. The molecular weight excluding hydrogens is 312 g/mol. The van der Waals surface area contributed by atoms with Crippen LogP contribution in [-0.2, 0) is 28.4 Å². The van der Waals surface area contributed by atoms with Crippen molar-refractivity contribution in [3.63, 3.8) is 0 Å². The third-order valence-corrected chi connectivity index (χ3v) is 4.83. The molecule has 0 saturated carbocycles. The van der Waals surface area contributed by atoms with Gasteiger partial charge in [0.05, 0.1) is 78.3 Å². The van der Waals surface area contributed by atoms with Crippen molar-refractivity contribution in [1.29, 1.82) is 0 Å². The molecule has 2 rings (SSSR count). The summed E-state index contributed by atoms with van der Waals surface area (Å²) in [4.78, 5) is 0. The molecule has 0 aliphatic carbocycles. The zero-order chi connectivity index (χ0) is 17.0. The van der Waals surface area contributed by atoms with E-state index in [-0.39, 0.29) is 12.2 Å². The van der Waals surface area contributed by atoms with Crippen LogP contribution in [0.1, 0.15) is 26.7 Å². The van der Waals surface area contributed by atoms with Crippen molar-refractivity contribution in [2.45, 2.75) is 38.9 Å². The Kier molecular flexibility index (Phi) is 10.2. The summed E-state index contributed by atoms with van der Waals surface area (Å²) in [6.45, 7) is 11.1. The lowest BCUT2D eigenvalue weighted by molar-refractivity contribution is -0.150. The maximum absolute atomic E-state index is 5.56. The zero-order valence-corrected chi connectivity index (χ0v) is 15.2. The van der Waals surface area contributed by atoms with Gasteiger partial charge < -0.3 is 28.4 Å². The molecule has 0 aromatic heterocycles. The van der Waals surface area contributed by atoms with Gasteiger partial charge in [0.15, 0.2) is 0 Å². The summed E-state index contributed by atoms with van der Waals surface area (Å²) in [5, 5.41) is 0. The van der Waals surface area contributed by atoms with Crippen molar-refractivity contribution in [1.82, 2.24) is 0 Å². The van der Waals surface area contributed by atoms with Gasteiger partial charge in [-0.05, 0) is 12.8 Å². The Morgan fingerprint density at radius 1 is 0.625 bits per heavy atom. The molecule has 6 nitrogen and oxygen atoms in total. The minimum atomic E-state index is 0.288. The van der Waals surface area contributed by atoms with E-state index in [1.807, 2.05) is 0 Å². The topological polar surface area (TPSA) is 55.4 Å². The van der Waals surface area contributed by atoms with Gasteiger partial charge >= 0.3 is 0 Å². The lowest BCUT2D eigenvalue weighted by Gasteiger charge is -2.35. The van der Waals surface area contributed by atoms with E-state index in [4.69, 9.17) is 28.4 Å². The van der Waals surface area contributed by atoms with Crippen LogP contribution in [0, 0.1) is 11.8 Å². The highest BCUT2D eigenvalue weighted by molar-refractivity contribution is 4.77. The fraction of sp³-hybridized carbons (Fsp3) is 1.00. The van der Waals surface area contributed by atoms with E-state index in [9.17, 15) is 0 Å². The third kappa shape index (κ3) is 6.94. The molecule has 142 valence electrons. The van der Waals surface area contributed by atoms with Crippen molar-refractivity contribution in [2.24, 2.45) is 11.8 Å². The van der Waals surface area contributed by atoms with Crippen molar-refractivity contribution in [3.8, 4) is 0 Å². The lowest BCUT2D eigenvalue weighted by atomic mass is 9.96. The van der Waals surface area contributed by atoms with E-state index in [1.165, 1.54) is 12.8 Å². The quantitative estimate of drug-likeness (QED) is 0.422. The molecule has 2 saturated heterocycles. The molecule has 0 N–H and O–H groups in total. The maximum atomic E-state index is 5.56. The molecule has 6 heteroatoms. The number of ether oxygens (including phenoxy) is 6. The minimum absolute atomic E-state index is 0.288. The maximum Gasteiger partial charge on any atom is 0.0858 e. The monoisotopic (exact) mass is 346 g/mol. The SMILES string of the molecule is CCC1COC1COCCOCCOCCOCC1OCC1CC. The van der Waals surface area contributed by atoms with Crippen LogP contribution >= 0.6 is 0 Å². The summed E-state index contributed by atoms with van der Waals surface area (Å²) in [7, 11) is 0. The van der Waals surface area contributed by atoms with Crippen LogP contribution in [0.5, 0.6) is 0 Å². The van der Waals surface area contributed by atoms with Crippen molar-refractivity contribution < 1.29 is 28.4 Å². The molecule has 0 bridgehead atoms. The lowest BCUT2D eigenvalue weighted by Crippen LogP contribution is -2.42. The molecule has 4 unspecified atom stereocenters. The zero-order valence-electron chi connectivity index (χ0n) is 15.2. The molecule has 2 heterocycles. The Morgan fingerprint density at radius 3 is 1.29 bits per heavy atom. The third-order valence-electron chi connectivity index (χ3n) is 4.83. The van der Waals surface area contributed by atoms with Gasteiger partial charge in [0, 0.05) is 11.8 Å². The Labute approximate surface area is 146 Å². The summed E-state index contributed by atoms with van der Waals surface area (Å²) in [6, 6.07) is 0. The number of hydrogen-bond acceptors (Lipinski definition) is 6. The van der Waals surface area contributed by atoms with Crippen LogP contribution in [0.2, 0.25) is 0 Å². The van der Waals surface area contributed by atoms with Gasteiger partial charge in [-0.2, -0.15) is 0 Å². The highest BCUT2D eigenvalue weighted by Gasteiger charge is 2.30. The van der Waals surface area contributed by atoms with Crippen LogP contribution in [0.4, 0.5) is 0 Å². The first-order chi connectivity index (χ1) is 11.8. The van der Waals surface area contributed by atoms with Crippen LogP contribution in [0.15, 0.2) is 0 Å². The highest BCUT2D eigenvalue weighted by Crippen LogP contribution is 2.24. The molecule has 24 heavy (non-hydrogen) atoms. The number of hydrogen-bond donors (Lipinski definition) is 0. The van der Waals surface area contributed by atoms with Crippen LogP contribution in [0.3, 0.4) is 0 Å². The molecule has 2 aliphatic rings. The fourth-order valence-corrected chi connectivity index (χ4v) is 2.82. The van der Waals surface area contributed by atoms with Crippen LogP contribution in [-0.4, -0.2) is 78.3 Å². The average molecular weight is 346 g/mol. The largest absolute Gasteiger partial charge is 0.377 e. The van der Waals surface area contributed by atoms with Crippen LogP contribution in [0.25, 0.3) is 0 Å². The molecule has 0 radical (unpaired) electrons. The van der Waals surface area contributed by atoms with E-state index >= 15 is 0 Å². The van der Waals surface area contributed by atoms with Gasteiger partial charge in [0.25, 0.3) is 0 Å². The Bertz CT molecular complexity index is 280. The van der Waals surface area contributed by atoms with E-state index < -0.39 is 0 Å². The normalized spacial score (nSPS) is 29.2. The molecule has 0 amide bonds. The Balaban J connectivity index is 1.25. The van der Waals surface area contributed by atoms with Crippen molar-refractivity contribution >= 4 is 0 Å². The molecule has 0 aromatic carbocycles. The van der Waals surface area contributed by atoms with Crippen LogP contribution < -0.4 is 0 Å². The molecule has 2 fully saturated rings. The molecule has 4 atom stereocenters. The summed E-state index contributed by atoms with van der Waals surface area (Å²) >= 11 is 0. The van der Waals surface area contributed by atoms with Gasteiger partial charge in [-0.1, -0.05) is 13.8 Å². The fourth-order valence-electron chi connectivity index (χ4n) is 2.82. The van der Waals surface area contributed by atoms with E-state index in [2.05, 4.69) is 13.8 Å². The van der Waals surface area contributed by atoms with E-state index in [1.54, 1.807) is 0 Å². The minimum Gasteiger partial charge on any atom is -0.377 e. The summed E-state index contributed by atoms with van der Waals surface area (Å²) < 4.78 is 33.0. The van der Waals surface area contributed by atoms with Gasteiger partial charge in [0.2, 0.25) is 0 Å². The average Bonchev–Trinajstić information content (AvgIpc) is 2.54. The van der Waals surface area contributed by atoms with E-state index in [0.29, 0.717) is 64.7 Å². The van der Waals surface area contributed by atoms with Gasteiger partial charge in [-0.15, -0.1) is 0 Å². The van der Waals surface area contributed by atoms with E-state index in [0.717, 1.165) is 13.2 Å². The van der Waals surface area contributed by atoms with Gasteiger partial charge in [-0.3, -0.25) is 0 Å². The predicted molar refractivity (Wildman–Crippen MR) is 90.3 cm³/mol. The van der Waals surface area contributed by atoms with Crippen molar-refractivity contribution in [3.05, 3.63) is 0 Å². The first kappa shape index (κ1) is 20.1. The Morgan fingerprint density at radius 2 is 1.00 bits per heavy atom. The second-order valence-electron chi connectivity index (χ2n) is 6.45. The summed E-state index contributed by atoms with van der Waals surface area (Å²) in [6.07, 6.45) is 2.91. The van der Waals surface area contributed by atoms with Gasteiger partial charge in [0.1, 0.15) is 0 Å². The molecular formula is C18H34O6. The second-order valence-corrected chi connectivity index (χ2v) is 6.45. The van der Waals surface area contributed by atoms with Gasteiger partial charge in [-0.25, -0.2) is 0 Å².